The molecule has 0 fully saturated rings. The van der Waals surface area contributed by atoms with Crippen LogP contribution >= 0.6 is 34.8 Å². The maximum Gasteiger partial charge on any atom is 0.128 e. The molecule has 20 heavy (non-hydrogen) atoms. The highest BCUT2D eigenvalue weighted by molar-refractivity contribution is 6.44. The summed E-state index contributed by atoms with van der Waals surface area (Å²) in [6.45, 7) is 1.69. The number of hydrogen-bond acceptors (Lipinski definition) is 1. The lowest BCUT2D eigenvalue weighted by Crippen LogP contribution is -2.09. The molecule has 2 aromatic rings. The maximum absolute atomic E-state index is 13.7. The van der Waals surface area contributed by atoms with Gasteiger partial charge in [-0.3, -0.25) is 0 Å². The molecule has 6 heteroatoms. The van der Waals surface area contributed by atoms with Crippen molar-refractivity contribution in [2.45, 2.75) is 13.0 Å². The van der Waals surface area contributed by atoms with E-state index in [9.17, 15) is 8.78 Å². The molecule has 0 amide bonds. The SMILES string of the molecule is CC(Nc1cc(Cl)c(Cl)cc1Cl)c1cc(F)ccc1F. The predicted molar refractivity (Wildman–Crippen MR) is 79.9 cm³/mol. The lowest BCUT2D eigenvalue weighted by molar-refractivity contribution is 0.577. The summed E-state index contributed by atoms with van der Waals surface area (Å²) >= 11 is 17.8. The first kappa shape index (κ1) is 15.4. The Hall–Kier alpha value is -1.03. The Morgan fingerprint density at radius 2 is 1.60 bits per heavy atom. The van der Waals surface area contributed by atoms with Crippen molar-refractivity contribution in [3.8, 4) is 0 Å². The molecule has 106 valence electrons. The maximum atomic E-state index is 13.7. The fraction of sp³-hybridized carbons (Fsp3) is 0.143. The number of benzene rings is 2. The fourth-order valence-corrected chi connectivity index (χ4v) is 2.39. The summed E-state index contributed by atoms with van der Waals surface area (Å²) in [5.74, 6) is -1.00. The Morgan fingerprint density at radius 1 is 0.950 bits per heavy atom. The molecular weight excluding hydrogens is 327 g/mol. The number of rotatable bonds is 3. The van der Waals surface area contributed by atoms with Crippen molar-refractivity contribution in [3.05, 3.63) is 62.6 Å². The van der Waals surface area contributed by atoms with Gasteiger partial charge < -0.3 is 5.32 Å². The molecule has 0 heterocycles. The van der Waals surface area contributed by atoms with E-state index in [-0.39, 0.29) is 5.56 Å². The molecule has 1 nitrogen and oxygen atoms in total. The Bertz CT molecular complexity index is 647. The molecule has 0 aliphatic heterocycles. The number of halogens is 5. The Labute approximate surface area is 130 Å². The van der Waals surface area contributed by atoms with Gasteiger partial charge in [0.2, 0.25) is 0 Å². The summed E-state index contributed by atoms with van der Waals surface area (Å²) in [7, 11) is 0. The summed E-state index contributed by atoms with van der Waals surface area (Å²) in [6, 6.07) is 5.83. The Balaban J connectivity index is 2.30. The minimum Gasteiger partial charge on any atom is -0.377 e. The van der Waals surface area contributed by atoms with E-state index >= 15 is 0 Å². The molecule has 0 saturated carbocycles. The van der Waals surface area contributed by atoms with Crippen LogP contribution in [-0.2, 0) is 0 Å². The van der Waals surface area contributed by atoms with Gasteiger partial charge in [-0.15, -0.1) is 0 Å². The van der Waals surface area contributed by atoms with Gasteiger partial charge in [-0.25, -0.2) is 8.78 Å². The smallest absolute Gasteiger partial charge is 0.128 e. The molecule has 1 unspecified atom stereocenters. The average molecular weight is 337 g/mol. The van der Waals surface area contributed by atoms with Crippen LogP contribution in [0.4, 0.5) is 14.5 Å². The largest absolute Gasteiger partial charge is 0.377 e. The van der Waals surface area contributed by atoms with Crippen LogP contribution in [0.2, 0.25) is 15.1 Å². The summed E-state index contributed by atoms with van der Waals surface area (Å²) in [6.07, 6.45) is 0. The Kier molecular flexibility index (Phi) is 4.74. The third kappa shape index (κ3) is 3.35. The summed E-state index contributed by atoms with van der Waals surface area (Å²) in [4.78, 5) is 0. The van der Waals surface area contributed by atoms with Gasteiger partial charge >= 0.3 is 0 Å². The highest BCUT2D eigenvalue weighted by atomic mass is 35.5. The number of anilines is 1. The summed E-state index contributed by atoms with van der Waals surface area (Å²) in [5, 5.41) is 3.98. The van der Waals surface area contributed by atoms with Crippen molar-refractivity contribution >= 4 is 40.5 Å². The van der Waals surface area contributed by atoms with Crippen LogP contribution in [0.15, 0.2) is 30.3 Å². The van der Waals surface area contributed by atoms with Crippen molar-refractivity contribution in [1.29, 1.82) is 0 Å². The zero-order valence-corrected chi connectivity index (χ0v) is 12.6. The van der Waals surface area contributed by atoms with Crippen molar-refractivity contribution in [2.75, 3.05) is 5.32 Å². The van der Waals surface area contributed by atoms with Gasteiger partial charge in [0.05, 0.1) is 26.8 Å². The normalized spacial score (nSPS) is 12.3. The lowest BCUT2D eigenvalue weighted by atomic mass is 10.1. The first-order valence-electron chi connectivity index (χ1n) is 5.74. The van der Waals surface area contributed by atoms with Gasteiger partial charge in [0.15, 0.2) is 0 Å². The van der Waals surface area contributed by atoms with Gasteiger partial charge in [0.1, 0.15) is 11.6 Å². The molecule has 2 rings (SSSR count). The van der Waals surface area contributed by atoms with Crippen molar-refractivity contribution < 1.29 is 8.78 Å². The van der Waals surface area contributed by atoms with E-state index < -0.39 is 17.7 Å². The van der Waals surface area contributed by atoms with E-state index in [1.165, 1.54) is 6.07 Å². The molecule has 2 aromatic carbocycles. The monoisotopic (exact) mass is 335 g/mol. The van der Waals surface area contributed by atoms with Crippen LogP contribution in [0.1, 0.15) is 18.5 Å². The van der Waals surface area contributed by atoms with Gasteiger partial charge in [-0.05, 0) is 37.3 Å². The van der Waals surface area contributed by atoms with E-state index in [1.807, 2.05) is 0 Å². The second kappa shape index (κ2) is 6.17. The lowest BCUT2D eigenvalue weighted by Gasteiger charge is -2.18. The standard InChI is InChI=1S/C14H10Cl3F2N/c1-7(9-4-8(18)2-3-13(9)19)20-14-6-11(16)10(15)5-12(14)17/h2-7,20H,1H3. The average Bonchev–Trinajstić information content (AvgIpc) is 2.38. The van der Waals surface area contributed by atoms with Gasteiger partial charge in [-0.1, -0.05) is 34.8 Å². The topological polar surface area (TPSA) is 12.0 Å². The molecule has 1 atom stereocenters. The van der Waals surface area contributed by atoms with E-state index in [2.05, 4.69) is 5.32 Å². The first-order chi connectivity index (χ1) is 9.38. The van der Waals surface area contributed by atoms with Gasteiger partial charge in [-0.2, -0.15) is 0 Å². The van der Waals surface area contributed by atoms with E-state index in [0.717, 1.165) is 18.2 Å². The molecule has 0 aliphatic rings. The van der Waals surface area contributed by atoms with Crippen molar-refractivity contribution in [2.24, 2.45) is 0 Å². The van der Waals surface area contributed by atoms with Crippen molar-refractivity contribution in [3.63, 3.8) is 0 Å². The van der Waals surface area contributed by atoms with Crippen LogP contribution in [0.25, 0.3) is 0 Å². The van der Waals surface area contributed by atoms with Gasteiger partial charge in [0, 0.05) is 5.56 Å². The third-order valence-electron chi connectivity index (χ3n) is 2.81. The molecule has 0 saturated heterocycles. The molecule has 0 aliphatic carbocycles. The summed E-state index contributed by atoms with van der Waals surface area (Å²) < 4.78 is 26.9. The van der Waals surface area contributed by atoms with Crippen LogP contribution in [0, 0.1) is 11.6 Å². The minimum absolute atomic E-state index is 0.201. The molecule has 0 radical (unpaired) electrons. The number of hydrogen-bond donors (Lipinski definition) is 1. The van der Waals surface area contributed by atoms with Crippen LogP contribution in [-0.4, -0.2) is 0 Å². The zero-order chi connectivity index (χ0) is 14.9. The minimum atomic E-state index is -0.504. The number of nitrogens with one attached hydrogen (secondary N) is 1. The zero-order valence-electron chi connectivity index (χ0n) is 10.4. The third-order valence-corrected chi connectivity index (χ3v) is 3.84. The predicted octanol–water partition coefficient (Wildman–Crippen LogP) is 6.10. The fourth-order valence-electron chi connectivity index (χ4n) is 1.79. The second-order valence-electron chi connectivity index (χ2n) is 4.28. The van der Waals surface area contributed by atoms with Gasteiger partial charge in [0.25, 0.3) is 0 Å². The van der Waals surface area contributed by atoms with E-state index in [1.54, 1.807) is 13.0 Å². The Morgan fingerprint density at radius 3 is 2.30 bits per heavy atom. The van der Waals surface area contributed by atoms with Crippen LogP contribution < -0.4 is 5.32 Å². The molecule has 0 bridgehead atoms. The van der Waals surface area contributed by atoms with E-state index in [4.69, 9.17) is 34.8 Å². The molecule has 0 spiro atoms. The molecular formula is C14H10Cl3F2N. The highest BCUT2D eigenvalue weighted by Crippen LogP contribution is 2.34. The second-order valence-corrected chi connectivity index (χ2v) is 5.50. The van der Waals surface area contributed by atoms with Crippen LogP contribution in [0.5, 0.6) is 0 Å². The first-order valence-corrected chi connectivity index (χ1v) is 6.88. The van der Waals surface area contributed by atoms with E-state index in [0.29, 0.717) is 20.8 Å². The summed E-state index contributed by atoms with van der Waals surface area (Å²) in [5.41, 5.74) is 0.698. The molecule has 0 aromatic heterocycles. The highest BCUT2D eigenvalue weighted by Gasteiger charge is 2.14. The van der Waals surface area contributed by atoms with Crippen molar-refractivity contribution in [1.82, 2.24) is 0 Å². The quantitative estimate of drug-likeness (QED) is 0.668. The van der Waals surface area contributed by atoms with Crippen LogP contribution in [0.3, 0.4) is 0 Å². The molecule has 1 N–H and O–H groups in total.